The van der Waals surface area contributed by atoms with E-state index >= 15 is 0 Å². The number of hydrogen-bond acceptors (Lipinski definition) is 2. The minimum atomic E-state index is 0.387. The predicted octanol–water partition coefficient (Wildman–Crippen LogP) is 2.89. The molecule has 0 atom stereocenters. The average molecular weight is 218 g/mol. The third-order valence-electron chi connectivity index (χ3n) is 3.74. The summed E-state index contributed by atoms with van der Waals surface area (Å²) in [4.78, 5) is 4.12. The van der Waals surface area contributed by atoms with E-state index < -0.39 is 0 Å². The monoisotopic (exact) mass is 218 g/mol. The lowest BCUT2D eigenvalue weighted by Gasteiger charge is -2.30. The zero-order valence-corrected chi connectivity index (χ0v) is 10.2. The molecule has 0 unspecified atom stereocenters. The molecule has 0 spiro atoms. The van der Waals surface area contributed by atoms with E-state index in [0.29, 0.717) is 5.41 Å². The Morgan fingerprint density at radius 3 is 2.56 bits per heavy atom. The summed E-state index contributed by atoms with van der Waals surface area (Å²) in [5.41, 5.74) is 1.86. The smallest absolute Gasteiger partial charge is 0.0270 e. The van der Waals surface area contributed by atoms with Crippen molar-refractivity contribution in [3.63, 3.8) is 0 Å². The molecule has 16 heavy (non-hydrogen) atoms. The molecule has 1 saturated carbocycles. The predicted molar refractivity (Wildman–Crippen MR) is 67.5 cm³/mol. The molecule has 2 nitrogen and oxygen atoms in total. The van der Waals surface area contributed by atoms with Gasteiger partial charge in [-0.15, -0.1) is 0 Å². The van der Waals surface area contributed by atoms with Gasteiger partial charge in [0.2, 0.25) is 0 Å². The van der Waals surface area contributed by atoms with Gasteiger partial charge in [0.25, 0.3) is 0 Å². The largest absolute Gasteiger partial charge is 0.316 e. The molecule has 88 valence electrons. The molecule has 1 aliphatic carbocycles. The van der Waals surface area contributed by atoms with Gasteiger partial charge in [-0.1, -0.05) is 19.8 Å². The normalized spacial score (nSPS) is 18.8. The number of hydrogen-bond donors (Lipinski definition) is 1. The number of aromatic nitrogens is 1. The summed E-state index contributed by atoms with van der Waals surface area (Å²) in [6.07, 6.45) is 10.5. The molecule has 1 N–H and O–H groups in total. The summed E-state index contributed by atoms with van der Waals surface area (Å²) < 4.78 is 0. The summed E-state index contributed by atoms with van der Waals surface area (Å²) in [6, 6.07) is 4.39. The highest BCUT2D eigenvalue weighted by Crippen LogP contribution is 2.40. The van der Waals surface area contributed by atoms with Crippen LogP contribution in [0.4, 0.5) is 0 Å². The standard InChI is InChI=1S/C14H22N2/c1-2-9-16-12-14(7-3-4-8-14)13-5-10-15-11-6-13/h5-6,10-11,16H,2-4,7-9,12H2,1H3. The van der Waals surface area contributed by atoms with E-state index in [9.17, 15) is 0 Å². The Balaban J connectivity index is 2.09. The molecule has 0 aromatic carbocycles. The van der Waals surface area contributed by atoms with Crippen molar-refractivity contribution in [3.05, 3.63) is 30.1 Å². The molecule has 1 aromatic heterocycles. The lowest BCUT2D eigenvalue weighted by Crippen LogP contribution is -2.36. The van der Waals surface area contributed by atoms with Gasteiger partial charge in [-0.05, 0) is 43.5 Å². The second kappa shape index (κ2) is 5.44. The maximum absolute atomic E-state index is 4.12. The summed E-state index contributed by atoms with van der Waals surface area (Å²) in [5, 5.41) is 3.60. The van der Waals surface area contributed by atoms with E-state index in [4.69, 9.17) is 0 Å². The first-order valence-electron chi connectivity index (χ1n) is 6.49. The molecule has 0 aliphatic heterocycles. The van der Waals surface area contributed by atoms with Crippen LogP contribution in [0.5, 0.6) is 0 Å². The molecule has 1 fully saturated rings. The summed E-state index contributed by atoms with van der Waals surface area (Å²) in [5.74, 6) is 0. The Hall–Kier alpha value is -0.890. The van der Waals surface area contributed by atoms with E-state index in [-0.39, 0.29) is 0 Å². The molecule has 1 aromatic rings. The Kier molecular flexibility index (Phi) is 3.94. The van der Waals surface area contributed by atoms with Crippen LogP contribution >= 0.6 is 0 Å². The molecule has 0 amide bonds. The number of pyridine rings is 1. The Labute approximate surface area is 98.5 Å². The summed E-state index contributed by atoms with van der Waals surface area (Å²) in [6.45, 7) is 4.48. The summed E-state index contributed by atoms with van der Waals surface area (Å²) in [7, 11) is 0. The van der Waals surface area contributed by atoms with Crippen LogP contribution in [0.25, 0.3) is 0 Å². The van der Waals surface area contributed by atoms with Crippen LogP contribution in [-0.2, 0) is 5.41 Å². The van der Waals surface area contributed by atoms with Crippen molar-refractivity contribution in [1.29, 1.82) is 0 Å². The lowest BCUT2D eigenvalue weighted by molar-refractivity contribution is 0.405. The van der Waals surface area contributed by atoms with Crippen molar-refractivity contribution in [2.75, 3.05) is 13.1 Å². The molecule has 0 saturated heterocycles. The third kappa shape index (κ3) is 2.43. The molecule has 0 radical (unpaired) electrons. The zero-order valence-electron chi connectivity index (χ0n) is 10.2. The van der Waals surface area contributed by atoms with Crippen molar-refractivity contribution in [2.45, 2.75) is 44.4 Å². The van der Waals surface area contributed by atoms with Gasteiger partial charge in [0, 0.05) is 24.4 Å². The number of nitrogens with zero attached hydrogens (tertiary/aromatic N) is 1. The highest BCUT2D eigenvalue weighted by Gasteiger charge is 2.34. The van der Waals surface area contributed by atoms with Crippen LogP contribution < -0.4 is 5.32 Å². The van der Waals surface area contributed by atoms with Gasteiger partial charge < -0.3 is 5.32 Å². The average Bonchev–Trinajstić information content (AvgIpc) is 2.81. The van der Waals surface area contributed by atoms with Crippen LogP contribution in [-0.4, -0.2) is 18.1 Å². The number of nitrogens with one attached hydrogen (secondary N) is 1. The zero-order chi connectivity index (χ0) is 11.3. The van der Waals surface area contributed by atoms with Crippen LogP contribution in [0.15, 0.2) is 24.5 Å². The highest BCUT2D eigenvalue weighted by atomic mass is 14.9. The van der Waals surface area contributed by atoms with Gasteiger partial charge in [0.15, 0.2) is 0 Å². The topological polar surface area (TPSA) is 24.9 Å². The maximum atomic E-state index is 4.12. The third-order valence-corrected chi connectivity index (χ3v) is 3.74. The number of rotatable bonds is 5. The maximum Gasteiger partial charge on any atom is 0.0270 e. The first-order chi connectivity index (χ1) is 7.87. The van der Waals surface area contributed by atoms with Crippen molar-refractivity contribution in [1.82, 2.24) is 10.3 Å². The van der Waals surface area contributed by atoms with E-state index in [1.807, 2.05) is 12.4 Å². The van der Waals surface area contributed by atoms with Gasteiger partial charge >= 0.3 is 0 Å². The molecule has 2 heteroatoms. The fourth-order valence-electron chi connectivity index (χ4n) is 2.83. The first kappa shape index (κ1) is 11.6. The molecular formula is C14H22N2. The van der Waals surface area contributed by atoms with Gasteiger partial charge in [-0.2, -0.15) is 0 Å². The SMILES string of the molecule is CCCNCC1(c2ccncc2)CCCC1. The van der Waals surface area contributed by atoms with E-state index in [0.717, 1.165) is 13.1 Å². The molecular weight excluding hydrogens is 196 g/mol. The second-order valence-corrected chi connectivity index (χ2v) is 4.90. The van der Waals surface area contributed by atoms with E-state index in [2.05, 4.69) is 29.4 Å². The van der Waals surface area contributed by atoms with Crippen LogP contribution in [0.2, 0.25) is 0 Å². The van der Waals surface area contributed by atoms with Gasteiger partial charge in [-0.3, -0.25) is 4.98 Å². The van der Waals surface area contributed by atoms with Crippen LogP contribution in [0.3, 0.4) is 0 Å². The minimum Gasteiger partial charge on any atom is -0.316 e. The van der Waals surface area contributed by atoms with Crippen molar-refractivity contribution < 1.29 is 0 Å². The molecule has 2 rings (SSSR count). The molecule has 1 heterocycles. The van der Waals surface area contributed by atoms with Crippen LogP contribution in [0, 0.1) is 0 Å². The quantitative estimate of drug-likeness (QED) is 0.769. The minimum absolute atomic E-state index is 0.387. The fraction of sp³-hybridized carbons (Fsp3) is 0.643. The van der Waals surface area contributed by atoms with Crippen molar-refractivity contribution in [3.8, 4) is 0 Å². The second-order valence-electron chi connectivity index (χ2n) is 4.90. The summed E-state index contributed by atoms with van der Waals surface area (Å²) >= 11 is 0. The highest BCUT2D eigenvalue weighted by molar-refractivity contribution is 5.24. The Morgan fingerprint density at radius 1 is 1.25 bits per heavy atom. The Morgan fingerprint density at radius 2 is 1.94 bits per heavy atom. The fourth-order valence-corrected chi connectivity index (χ4v) is 2.83. The molecule has 0 bridgehead atoms. The lowest BCUT2D eigenvalue weighted by atomic mass is 9.79. The van der Waals surface area contributed by atoms with Gasteiger partial charge in [0.1, 0.15) is 0 Å². The van der Waals surface area contributed by atoms with Gasteiger partial charge in [0.05, 0.1) is 0 Å². The van der Waals surface area contributed by atoms with Crippen molar-refractivity contribution in [2.24, 2.45) is 0 Å². The van der Waals surface area contributed by atoms with E-state index in [1.54, 1.807) is 0 Å². The van der Waals surface area contributed by atoms with E-state index in [1.165, 1.54) is 37.7 Å². The Bertz CT molecular complexity index is 302. The van der Waals surface area contributed by atoms with Crippen LogP contribution in [0.1, 0.15) is 44.6 Å². The van der Waals surface area contributed by atoms with Gasteiger partial charge in [-0.25, -0.2) is 0 Å². The molecule has 1 aliphatic rings. The first-order valence-corrected chi connectivity index (χ1v) is 6.49. The van der Waals surface area contributed by atoms with Crippen molar-refractivity contribution >= 4 is 0 Å².